The highest BCUT2D eigenvalue weighted by Crippen LogP contribution is 1.97. The van der Waals surface area contributed by atoms with Crippen molar-refractivity contribution in [1.82, 2.24) is 25.0 Å². The quantitative estimate of drug-likeness (QED) is 0.810. The van der Waals surface area contributed by atoms with Crippen LogP contribution in [0.15, 0.2) is 17.1 Å². The largest absolute Gasteiger partial charge is 0.268 e. The van der Waals surface area contributed by atoms with Gasteiger partial charge in [-0.2, -0.15) is 10.2 Å². The van der Waals surface area contributed by atoms with Gasteiger partial charge in [0.15, 0.2) is 5.82 Å². The molecule has 0 aromatic carbocycles. The fraction of sp³-hybridized carbons (Fsp3) is 0.250. The summed E-state index contributed by atoms with van der Waals surface area (Å²) in [6.07, 6.45) is 1.63. The first-order valence-electron chi connectivity index (χ1n) is 4.26. The number of hydrogen-bond donors (Lipinski definition) is 1. The molecule has 7 heteroatoms. The topological polar surface area (TPSA) is 76.5 Å². The smallest absolute Gasteiger partial charge is 0.268 e. The molecule has 0 saturated heterocycles. The molecule has 2 aromatic heterocycles. The molecule has 0 saturated carbocycles. The molecular formula is C8H8IN5O. The molecule has 2 rings (SSSR count). The van der Waals surface area contributed by atoms with E-state index in [2.05, 4.69) is 20.3 Å². The van der Waals surface area contributed by atoms with E-state index in [1.807, 2.05) is 22.6 Å². The number of nitrogens with zero attached hydrogens (tertiary/aromatic N) is 4. The van der Waals surface area contributed by atoms with Gasteiger partial charge in [-0.25, -0.2) is 9.67 Å². The lowest BCUT2D eigenvalue weighted by Crippen LogP contribution is -2.23. The lowest BCUT2D eigenvalue weighted by Gasteiger charge is -1.99. The Morgan fingerprint density at radius 1 is 1.60 bits per heavy atom. The van der Waals surface area contributed by atoms with Gasteiger partial charge in [-0.3, -0.25) is 9.89 Å². The third-order valence-corrected chi connectivity index (χ3v) is 2.36. The summed E-state index contributed by atoms with van der Waals surface area (Å²) < 4.78 is 2.14. The summed E-state index contributed by atoms with van der Waals surface area (Å²) in [5.41, 5.74) is -0.149. The van der Waals surface area contributed by atoms with Crippen LogP contribution in [0.25, 0.3) is 0 Å². The lowest BCUT2D eigenvalue weighted by atomic mass is 10.5. The van der Waals surface area contributed by atoms with Gasteiger partial charge in [0, 0.05) is 9.64 Å². The van der Waals surface area contributed by atoms with Crippen molar-refractivity contribution in [2.24, 2.45) is 0 Å². The first kappa shape index (κ1) is 10.3. The predicted octanol–water partition coefficient (Wildman–Crippen LogP) is 0.323. The van der Waals surface area contributed by atoms with E-state index in [1.54, 1.807) is 13.1 Å². The van der Waals surface area contributed by atoms with Gasteiger partial charge in [-0.15, -0.1) is 0 Å². The standard InChI is InChI=1S/C8H8IN5O/c1-5-11-7(13-12-5)4-14-8(15)2-6(9)3-10-14/h2-3H,4H2,1H3,(H,11,12,13). The van der Waals surface area contributed by atoms with Crippen LogP contribution < -0.4 is 5.56 Å². The lowest BCUT2D eigenvalue weighted by molar-refractivity contribution is 0.614. The molecular weight excluding hydrogens is 309 g/mol. The minimum Gasteiger partial charge on any atom is -0.268 e. The van der Waals surface area contributed by atoms with Crippen LogP contribution >= 0.6 is 22.6 Å². The van der Waals surface area contributed by atoms with Gasteiger partial charge in [0.2, 0.25) is 0 Å². The number of aromatic nitrogens is 5. The monoisotopic (exact) mass is 317 g/mol. The van der Waals surface area contributed by atoms with Gasteiger partial charge in [0.1, 0.15) is 12.4 Å². The summed E-state index contributed by atoms with van der Waals surface area (Å²) in [5.74, 6) is 1.28. The fourth-order valence-corrected chi connectivity index (χ4v) is 1.51. The minimum atomic E-state index is -0.149. The van der Waals surface area contributed by atoms with E-state index in [9.17, 15) is 4.79 Å². The molecule has 0 bridgehead atoms. The van der Waals surface area contributed by atoms with Crippen LogP contribution in [0, 0.1) is 10.5 Å². The van der Waals surface area contributed by atoms with E-state index >= 15 is 0 Å². The van der Waals surface area contributed by atoms with Crippen molar-refractivity contribution in [3.8, 4) is 0 Å². The molecule has 1 N–H and O–H groups in total. The van der Waals surface area contributed by atoms with Gasteiger partial charge >= 0.3 is 0 Å². The van der Waals surface area contributed by atoms with Gasteiger partial charge in [-0.1, -0.05) is 0 Å². The first-order chi connectivity index (χ1) is 7.15. The molecule has 0 atom stereocenters. The summed E-state index contributed by atoms with van der Waals surface area (Å²) in [5, 5.41) is 10.6. The summed E-state index contributed by atoms with van der Waals surface area (Å²) in [6, 6.07) is 1.52. The number of rotatable bonds is 2. The minimum absolute atomic E-state index is 0.149. The molecule has 78 valence electrons. The number of hydrogen-bond acceptors (Lipinski definition) is 4. The van der Waals surface area contributed by atoms with Crippen LogP contribution in [0.3, 0.4) is 0 Å². The zero-order valence-electron chi connectivity index (χ0n) is 7.94. The van der Waals surface area contributed by atoms with Crippen LogP contribution in [0.4, 0.5) is 0 Å². The highest BCUT2D eigenvalue weighted by Gasteiger charge is 2.03. The summed E-state index contributed by atoms with van der Waals surface area (Å²) in [6.45, 7) is 2.10. The first-order valence-corrected chi connectivity index (χ1v) is 5.33. The van der Waals surface area contributed by atoms with Crippen LogP contribution in [-0.2, 0) is 6.54 Å². The van der Waals surface area contributed by atoms with E-state index in [4.69, 9.17) is 0 Å². The maximum atomic E-state index is 11.5. The van der Waals surface area contributed by atoms with Gasteiger partial charge in [0.05, 0.1) is 6.20 Å². The Morgan fingerprint density at radius 2 is 2.40 bits per heavy atom. The number of halogens is 1. The van der Waals surface area contributed by atoms with E-state index in [1.165, 1.54) is 10.7 Å². The summed E-state index contributed by atoms with van der Waals surface area (Å²) in [4.78, 5) is 15.6. The second-order valence-electron chi connectivity index (χ2n) is 3.01. The van der Waals surface area contributed by atoms with Crippen molar-refractivity contribution in [2.45, 2.75) is 13.5 Å². The number of aryl methyl sites for hydroxylation is 1. The van der Waals surface area contributed by atoms with Gasteiger partial charge < -0.3 is 0 Å². The normalized spacial score (nSPS) is 10.5. The molecule has 2 heterocycles. The molecule has 0 radical (unpaired) electrons. The van der Waals surface area contributed by atoms with Crippen molar-refractivity contribution in [3.63, 3.8) is 0 Å². The Balaban J connectivity index is 2.28. The Hall–Kier alpha value is -1.25. The molecule has 0 aliphatic heterocycles. The average molecular weight is 317 g/mol. The maximum Gasteiger partial charge on any atom is 0.268 e. The van der Waals surface area contributed by atoms with Crippen LogP contribution in [-0.4, -0.2) is 25.0 Å². The molecule has 0 fully saturated rings. The highest BCUT2D eigenvalue weighted by molar-refractivity contribution is 14.1. The van der Waals surface area contributed by atoms with E-state index < -0.39 is 0 Å². The average Bonchev–Trinajstić information content (AvgIpc) is 2.56. The van der Waals surface area contributed by atoms with E-state index in [0.717, 1.165) is 9.39 Å². The summed E-state index contributed by atoms with van der Waals surface area (Å²) in [7, 11) is 0. The number of H-pyrrole nitrogens is 1. The maximum absolute atomic E-state index is 11.5. The predicted molar refractivity (Wildman–Crippen MR) is 61.4 cm³/mol. The summed E-state index contributed by atoms with van der Waals surface area (Å²) >= 11 is 2.04. The zero-order valence-corrected chi connectivity index (χ0v) is 10.1. The SMILES string of the molecule is Cc1nc(Cn2ncc(I)cc2=O)n[nH]1. The second-order valence-corrected chi connectivity index (χ2v) is 4.25. The highest BCUT2D eigenvalue weighted by atomic mass is 127. The number of nitrogens with one attached hydrogen (secondary N) is 1. The molecule has 0 unspecified atom stereocenters. The molecule has 0 aliphatic rings. The van der Waals surface area contributed by atoms with Gasteiger partial charge in [0.25, 0.3) is 5.56 Å². The molecule has 0 aliphatic carbocycles. The Morgan fingerprint density at radius 3 is 3.00 bits per heavy atom. The van der Waals surface area contributed by atoms with Crippen molar-refractivity contribution >= 4 is 22.6 Å². The molecule has 2 aromatic rings. The third-order valence-electron chi connectivity index (χ3n) is 1.77. The van der Waals surface area contributed by atoms with Crippen LogP contribution in [0.2, 0.25) is 0 Å². The Labute approximate surface area is 98.9 Å². The van der Waals surface area contributed by atoms with Crippen molar-refractivity contribution in [2.75, 3.05) is 0 Å². The van der Waals surface area contributed by atoms with E-state index in [0.29, 0.717) is 12.4 Å². The Kier molecular flexibility index (Phi) is 2.80. The van der Waals surface area contributed by atoms with Crippen LogP contribution in [0.5, 0.6) is 0 Å². The van der Waals surface area contributed by atoms with Gasteiger partial charge in [-0.05, 0) is 29.5 Å². The van der Waals surface area contributed by atoms with Crippen molar-refractivity contribution < 1.29 is 0 Å². The zero-order chi connectivity index (χ0) is 10.8. The molecule has 6 nitrogen and oxygen atoms in total. The third kappa shape index (κ3) is 2.41. The van der Waals surface area contributed by atoms with Crippen molar-refractivity contribution in [1.29, 1.82) is 0 Å². The number of aromatic amines is 1. The van der Waals surface area contributed by atoms with E-state index in [-0.39, 0.29) is 5.56 Å². The molecule has 15 heavy (non-hydrogen) atoms. The molecule has 0 spiro atoms. The Bertz CT molecular complexity index is 532. The fourth-order valence-electron chi connectivity index (χ4n) is 1.12. The second kappa shape index (κ2) is 4.09. The van der Waals surface area contributed by atoms with Crippen molar-refractivity contribution in [3.05, 3.63) is 37.8 Å². The molecule has 0 amide bonds. The van der Waals surface area contributed by atoms with Crippen LogP contribution in [0.1, 0.15) is 11.6 Å².